The molecule has 1 aromatic carbocycles. The Morgan fingerprint density at radius 2 is 2.06 bits per heavy atom. The van der Waals surface area contributed by atoms with Gasteiger partial charge in [0, 0.05) is 23.7 Å². The number of benzene rings is 1. The molecular weight excluding hydrogens is 410 g/mol. The molecule has 0 atom stereocenters. The van der Waals surface area contributed by atoms with Crippen LogP contribution in [-0.2, 0) is 0 Å². The number of aromatic nitrogens is 3. The Kier molecular flexibility index (Phi) is 6.18. The van der Waals surface area contributed by atoms with E-state index in [1.807, 2.05) is 29.9 Å². The van der Waals surface area contributed by atoms with Crippen LogP contribution in [0.5, 0.6) is 5.75 Å². The predicted octanol–water partition coefficient (Wildman–Crippen LogP) is 2.86. The maximum atomic E-state index is 12.9. The molecule has 1 aliphatic rings. The molecular formula is C23H29N5O4. The Hall–Kier alpha value is -3.33. The van der Waals surface area contributed by atoms with E-state index in [1.165, 1.54) is 6.07 Å². The van der Waals surface area contributed by atoms with Crippen molar-refractivity contribution in [3.8, 4) is 5.75 Å². The van der Waals surface area contributed by atoms with Crippen molar-refractivity contribution < 1.29 is 19.4 Å². The van der Waals surface area contributed by atoms with Crippen molar-refractivity contribution in [3.05, 3.63) is 47.4 Å². The summed E-state index contributed by atoms with van der Waals surface area (Å²) in [6, 6.07) is 8.70. The zero-order chi connectivity index (χ0) is 22.8. The topological polar surface area (TPSA) is 107 Å². The van der Waals surface area contributed by atoms with Gasteiger partial charge >= 0.3 is 0 Å². The van der Waals surface area contributed by atoms with Crippen LogP contribution in [0.2, 0.25) is 0 Å². The van der Waals surface area contributed by atoms with Crippen molar-refractivity contribution in [1.29, 1.82) is 0 Å². The van der Waals surface area contributed by atoms with Gasteiger partial charge in [0.1, 0.15) is 5.75 Å². The predicted molar refractivity (Wildman–Crippen MR) is 122 cm³/mol. The summed E-state index contributed by atoms with van der Waals surface area (Å²) in [7, 11) is 3.49. The molecule has 0 saturated heterocycles. The minimum absolute atomic E-state index is 0.00444. The molecule has 0 bridgehead atoms. The van der Waals surface area contributed by atoms with Crippen molar-refractivity contribution in [3.63, 3.8) is 0 Å². The molecule has 1 amide bonds. The fourth-order valence-corrected chi connectivity index (χ4v) is 4.12. The number of hydrogen-bond donors (Lipinski definition) is 2. The van der Waals surface area contributed by atoms with E-state index < -0.39 is 5.91 Å². The van der Waals surface area contributed by atoms with E-state index in [4.69, 9.17) is 9.84 Å². The van der Waals surface area contributed by atoms with Crippen LogP contribution in [0.3, 0.4) is 0 Å². The van der Waals surface area contributed by atoms with Crippen LogP contribution in [0.15, 0.2) is 36.5 Å². The average molecular weight is 440 g/mol. The fourth-order valence-electron chi connectivity index (χ4n) is 4.12. The van der Waals surface area contributed by atoms with Gasteiger partial charge in [-0.05, 0) is 50.8 Å². The molecule has 1 saturated carbocycles. The lowest BCUT2D eigenvalue weighted by molar-refractivity contribution is -0.594. The number of pyridine rings is 1. The third kappa shape index (κ3) is 4.34. The Morgan fingerprint density at radius 1 is 1.31 bits per heavy atom. The van der Waals surface area contributed by atoms with Gasteiger partial charge in [-0.25, -0.2) is 4.73 Å². The summed E-state index contributed by atoms with van der Waals surface area (Å²) in [5, 5.41) is 30.8. The number of aliphatic hydroxyl groups excluding tert-OH is 1. The van der Waals surface area contributed by atoms with E-state index in [0.29, 0.717) is 28.6 Å². The van der Waals surface area contributed by atoms with E-state index in [-0.39, 0.29) is 17.8 Å². The first-order chi connectivity index (χ1) is 15.4. The number of rotatable bonds is 6. The summed E-state index contributed by atoms with van der Waals surface area (Å²) in [6.45, 7) is 2.29. The molecule has 0 unspecified atom stereocenters. The molecule has 3 aromatic rings. The SMILES string of the molecule is CCOc1cc2nn(C3CCC(O)CC3)cc2cc1NC(=O)c1cccc(N(C)C)[n+]1[O-]. The third-order valence-electron chi connectivity index (χ3n) is 5.83. The van der Waals surface area contributed by atoms with E-state index in [2.05, 4.69) is 5.32 Å². The van der Waals surface area contributed by atoms with Crippen molar-refractivity contribution in [2.24, 2.45) is 0 Å². The van der Waals surface area contributed by atoms with Gasteiger partial charge in [-0.15, -0.1) is 0 Å². The molecule has 4 rings (SSSR count). The van der Waals surface area contributed by atoms with Crippen molar-refractivity contribution in [1.82, 2.24) is 9.78 Å². The molecule has 2 heterocycles. The summed E-state index contributed by atoms with van der Waals surface area (Å²) in [4.78, 5) is 14.6. The quantitative estimate of drug-likeness (QED) is 0.452. The smallest absolute Gasteiger partial charge is 0.296 e. The van der Waals surface area contributed by atoms with E-state index in [1.54, 1.807) is 31.1 Å². The van der Waals surface area contributed by atoms with Crippen molar-refractivity contribution >= 4 is 28.3 Å². The summed E-state index contributed by atoms with van der Waals surface area (Å²) < 4.78 is 8.32. The summed E-state index contributed by atoms with van der Waals surface area (Å²) in [5.74, 6) is 0.355. The lowest BCUT2D eigenvalue weighted by Crippen LogP contribution is -2.41. The van der Waals surface area contributed by atoms with Crippen LogP contribution in [0, 0.1) is 5.21 Å². The Labute approximate surface area is 186 Å². The number of amides is 1. The van der Waals surface area contributed by atoms with Crippen LogP contribution in [-0.4, -0.2) is 47.6 Å². The summed E-state index contributed by atoms with van der Waals surface area (Å²) >= 11 is 0. The number of fused-ring (bicyclic) bond motifs is 1. The lowest BCUT2D eigenvalue weighted by atomic mass is 9.93. The highest BCUT2D eigenvalue weighted by Gasteiger charge is 2.23. The Morgan fingerprint density at radius 3 is 2.75 bits per heavy atom. The van der Waals surface area contributed by atoms with Gasteiger partial charge in [0.15, 0.2) is 5.69 Å². The van der Waals surface area contributed by atoms with Crippen molar-refractivity contribution in [2.45, 2.75) is 44.8 Å². The van der Waals surface area contributed by atoms with Gasteiger partial charge in [-0.3, -0.25) is 14.4 Å². The number of ether oxygens (including phenoxy) is 1. The first-order valence-electron chi connectivity index (χ1n) is 10.9. The molecule has 2 aromatic heterocycles. The molecule has 2 N–H and O–H groups in total. The monoisotopic (exact) mass is 439 g/mol. The van der Waals surface area contributed by atoms with Crippen LogP contribution in [0.25, 0.3) is 10.9 Å². The molecule has 0 radical (unpaired) electrons. The third-order valence-corrected chi connectivity index (χ3v) is 5.83. The largest absolute Gasteiger partial charge is 0.710 e. The Bertz CT molecular complexity index is 1120. The number of nitrogens with zero attached hydrogens (tertiary/aromatic N) is 4. The number of nitrogens with one attached hydrogen (secondary N) is 1. The molecule has 0 aliphatic heterocycles. The highest BCUT2D eigenvalue weighted by atomic mass is 16.5. The molecule has 32 heavy (non-hydrogen) atoms. The number of carbonyl (C=O) groups is 1. The maximum Gasteiger partial charge on any atom is 0.296 e. The highest BCUT2D eigenvalue weighted by Crippen LogP contribution is 2.33. The zero-order valence-electron chi connectivity index (χ0n) is 18.6. The van der Waals surface area contributed by atoms with E-state index in [0.717, 1.165) is 36.6 Å². The van der Waals surface area contributed by atoms with Gasteiger partial charge in [-0.2, -0.15) is 5.10 Å². The summed E-state index contributed by atoms with van der Waals surface area (Å²) in [5.41, 5.74) is 1.25. The molecule has 1 aliphatic carbocycles. The van der Waals surface area contributed by atoms with Crippen molar-refractivity contribution in [2.75, 3.05) is 30.9 Å². The Balaban J connectivity index is 1.65. The summed E-state index contributed by atoms with van der Waals surface area (Å²) in [6.07, 6.45) is 5.04. The maximum absolute atomic E-state index is 12.9. The van der Waals surface area contributed by atoms with Gasteiger partial charge in [-0.1, -0.05) is 0 Å². The number of hydrogen-bond acceptors (Lipinski definition) is 6. The average Bonchev–Trinajstić information content (AvgIpc) is 3.17. The zero-order valence-corrected chi connectivity index (χ0v) is 18.6. The van der Waals surface area contributed by atoms with E-state index >= 15 is 0 Å². The van der Waals surface area contributed by atoms with E-state index in [9.17, 15) is 15.1 Å². The molecule has 9 heteroatoms. The van der Waals surface area contributed by atoms with Gasteiger partial charge < -0.3 is 20.4 Å². The van der Waals surface area contributed by atoms with Gasteiger partial charge in [0.25, 0.3) is 11.7 Å². The first kappa shape index (κ1) is 21.9. The van der Waals surface area contributed by atoms with Crippen LogP contribution >= 0.6 is 0 Å². The molecule has 1 fully saturated rings. The molecule has 170 valence electrons. The number of carbonyl (C=O) groups excluding carboxylic acids is 1. The first-order valence-corrected chi connectivity index (χ1v) is 10.9. The highest BCUT2D eigenvalue weighted by molar-refractivity contribution is 6.04. The van der Waals surface area contributed by atoms with Crippen LogP contribution < -0.4 is 19.7 Å². The second kappa shape index (κ2) is 9.04. The normalized spacial score (nSPS) is 18.5. The second-order valence-corrected chi connectivity index (χ2v) is 8.32. The standard InChI is InChI=1S/C23H29N5O4/c1-4-32-21-13-18-15(14-27(25-18)16-8-10-17(29)11-9-16)12-19(21)24-23(30)20-6-5-7-22(26(2)3)28(20)31/h5-7,12-14,16-17,29H,4,8-11H2,1-3H3,(H,24,30). The van der Waals surface area contributed by atoms with Crippen LogP contribution in [0.4, 0.5) is 11.5 Å². The molecule has 9 nitrogen and oxygen atoms in total. The van der Waals surface area contributed by atoms with Gasteiger partial charge in [0.05, 0.1) is 44.1 Å². The lowest BCUT2D eigenvalue weighted by Gasteiger charge is -2.25. The fraction of sp³-hybridized carbons (Fsp3) is 0.435. The minimum atomic E-state index is -0.516. The number of anilines is 2. The second-order valence-electron chi connectivity index (χ2n) is 8.32. The molecule has 0 spiro atoms. The minimum Gasteiger partial charge on any atom is -0.710 e. The van der Waals surface area contributed by atoms with Crippen LogP contribution in [0.1, 0.15) is 49.1 Å². The van der Waals surface area contributed by atoms with Gasteiger partial charge in [0.2, 0.25) is 0 Å². The number of aliphatic hydroxyl groups is 1.